The Hall–Kier alpha value is -2.35. The molecule has 2 heterocycles. The number of carbonyl (C=O) groups excluding carboxylic acids is 2. The van der Waals surface area contributed by atoms with Gasteiger partial charge in [0.15, 0.2) is 12.4 Å². The number of esters is 2. The van der Waals surface area contributed by atoms with E-state index in [1.54, 1.807) is 12.2 Å². The zero-order valence-electron chi connectivity index (χ0n) is 40.0. The highest BCUT2D eigenvalue weighted by Crippen LogP contribution is 2.47. The van der Waals surface area contributed by atoms with Gasteiger partial charge in [-0.25, -0.2) is 4.57 Å². The molecule has 2 bridgehead atoms. The van der Waals surface area contributed by atoms with Gasteiger partial charge in [0.1, 0.15) is 43.2 Å². The van der Waals surface area contributed by atoms with Gasteiger partial charge in [0, 0.05) is 25.2 Å². The molecule has 2 aliphatic rings. The SMILES string of the molecule is CCCCC/C=C\C/C=C\CCCCCCCCCC(=O)OC[C@@H]1COP(=O)(O)O[C@H]2[C@H](O)[C@@H](O)[C@H](O)[C@@H](C/C=C\CCCC(=O)O1)[C@@H](O)CC(O)O[C@H](C=C[C@@H](O)CCCCC)[C@@H](O)[C@H]2O. The second-order valence-electron chi connectivity index (χ2n) is 17.8. The van der Waals surface area contributed by atoms with Gasteiger partial charge < -0.3 is 60.0 Å². The molecule has 1 fully saturated rings. The van der Waals surface area contributed by atoms with E-state index < -0.39 is 113 Å². The first kappa shape index (κ1) is 60.8. The maximum Gasteiger partial charge on any atom is 0.472 e. The molecule has 18 heteroatoms. The average molecular weight is 977 g/mol. The fourth-order valence-electron chi connectivity index (χ4n) is 7.84. The van der Waals surface area contributed by atoms with Crippen LogP contribution in [0.2, 0.25) is 0 Å². The average Bonchev–Trinajstić information content (AvgIpc) is 3.29. The Labute approximate surface area is 398 Å². The number of phosphoric acid groups is 1. The van der Waals surface area contributed by atoms with Gasteiger partial charge in [-0.05, 0) is 64.2 Å². The summed E-state index contributed by atoms with van der Waals surface area (Å²) >= 11 is 0. The molecule has 0 aromatic heterocycles. The summed E-state index contributed by atoms with van der Waals surface area (Å²) in [5, 5.41) is 89.3. The van der Waals surface area contributed by atoms with Crippen LogP contribution in [0.4, 0.5) is 0 Å². The van der Waals surface area contributed by atoms with Gasteiger partial charge in [-0.3, -0.25) is 18.6 Å². The van der Waals surface area contributed by atoms with Crippen LogP contribution in [0.3, 0.4) is 0 Å². The first-order valence-electron chi connectivity index (χ1n) is 24.8. The summed E-state index contributed by atoms with van der Waals surface area (Å²) in [4.78, 5) is 36.5. The van der Waals surface area contributed by atoms with E-state index in [4.69, 9.17) is 23.3 Å². The minimum atomic E-state index is -5.47. The number of cyclic esters (lactones) is 1. The lowest BCUT2D eigenvalue weighted by molar-refractivity contribution is -0.213. The van der Waals surface area contributed by atoms with Crippen molar-refractivity contribution in [2.75, 3.05) is 13.2 Å². The van der Waals surface area contributed by atoms with Crippen LogP contribution in [-0.2, 0) is 37.4 Å². The van der Waals surface area contributed by atoms with Crippen LogP contribution < -0.4 is 0 Å². The Balaban J connectivity index is 2.12. The molecule has 2 aliphatic heterocycles. The molecule has 388 valence electrons. The normalized spacial score (nSPS) is 32.2. The van der Waals surface area contributed by atoms with Crippen LogP contribution in [0, 0.1) is 5.92 Å². The molecule has 0 aliphatic carbocycles. The summed E-state index contributed by atoms with van der Waals surface area (Å²) in [5.41, 5.74) is 0. The number of ether oxygens (including phenoxy) is 3. The molecular weight excluding hydrogens is 891 g/mol. The third kappa shape index (κ3) is 26.4. The molecule has 0 radical (unpaired) electrons. The monoisotopic (exact) mass is 977 g/mol. The molecule has 0 spiro atoms. The van der Waals surface area contributed by atoms with E-state index in [1.165, 1.54) is 25.3 Å². The summed E-state index contributed by atoms with van der Waals surface area (Å²) < 4.78 is 40.3. The fraction of sp³-hybridized carbons (Fsp3) is 0.796. The highest BCUT2D eigenvalue weighted by molar-refractivity contribution is 7.47. The van der Waals surface area contributed by atoms with E-state index >= 15 is 0 Å². The van der Waals surface area contributed by atoms with Crippen LogP contribution in [0.5, 0.6) is 0 Å². The van der Waals surface area contributed by atoms with Crippen molar-refractivity contribution in [1.29, 1.82) is 0 Å². The standard InChI is InChI=1S/C49H85O17P/c1-3-5-7-8-9-10-11-12-13-14-15-16-17-18-19-20-25-29-41(52)62-34-37-35-63-67(60,61)66-49-47(58)45(56)40(32-31-36(50)27-23-6-4-2)65-43(54)33-39(51)38(44(55)46(57)48(49)59)28-24-21-22-26-30-42(53)64-37/h9-10,12-13,21,24,31-32,36-40,43-51,54-59H,3-8,11,14-20,22-23,25-30,33-35H2,1-2H3,(H,60,61)/b10-9-,13-12-,24-21-,32-31?/t36-,37+,38-,39-,40+,43?,44+,45+,46-,47+,48+,49+/m0/s1. The molecule has 0 aromatic carbocycles. The number of phosphoric ester groups is 1. The van der Waals surface area contributed by atoms with Crippen molar-refractivity contribution in [2.24, 2.45) is 5.92 Å². The highest BCUT2D eigenvalue weighted by Gasteiger charge is 2.48. The summed E-state index contributed by atoms with van der Waals surface area (Å²) in [5.74, 6) is -2.62. The Morgan fingerprint density at radius 3 is 2.12 bits per heavy atom. The maximum atomic E-state index is 13.5. The van der Waals surface area contributed by atoms with Crippen LogP contribution in [0.15, 0.2) is 48.6 Å². The van der Waals surface area contributed by atoms with Crippen molar-refractivity contribution >= 4 is 19.8 Å². The smallest absolute Gasteiger partial charge is 0.462 e. The summed E-state index contributed by atoms with van der Waals surface area (Å²) in [6.07, 6.45) is 9.45. The number of hydrogen-bond donors (Lipinski definition) is 9. The Kier molecular flexibility index (Phi) is 32.4. The van der Waals surface area contributed by atoms with E-state index in [0.717, 1.165) is 76.7 Å². The predicted octanol–water partition coefficient (Wildman–Crippen LogP) is 6.05. The van der Waals surface area contributed by atoms with Crippen molar-refractivity contribution in [3.05, 3.63) is 48.6 Å². The van der Waals surface area contributed by atoms with E-state index in [9.17, 15) is 59.9 Å². The molecule has 9 N–H and O–H groups in total. The number of aliphatic hydroxyl groups is 8. The van der Waals surface area contributed by atoms with Crippen molar-refractivity contribution in [3.63, 3.8) is 0 Å². The first-order valence-corrected chi connectivity index (χ1v) is 26.3. The molecule has 0 aromatic rings. The van der Waals surface area contributed by atoms with Crippen molar-refractivity contribution in [3.8, 4) is 0 Å². The Bertz CT molecular complexity index is 1490. The number of hydrogen-bond acceptors (Lipinski definition) is 16. The van der Waals surface area contributed by atoms with E-state index in [0.29, 0.717) is 25.7 Å². The van der Waals surface area contributed by atoms with Crippen molar-refractivity contribution in [2.45, 2.75) is 229 Å². The second-order valence-corrected chi connectivity index (χ2v) is 19.2. The quantitative estimate of drug-likeness (QED) is 0.0230. The van der Waals surface area contributed by atoms with Crippen LogP contribution in [-0.4, -0.2) is 138 Å². The Morgan fingerprint density at radius 2 is 1.43 bits per heavy atom. The number of allylic oxidation sites excluding steroid dienone is 6. The summed E-state index contributed by atoms with van der Waals surface area (Å²) in [7, 11) is -5.47. The molecule has 1 saturated heterocycles. The van der Waals surface area contributed by atoms with Gasteiger partial charge in [-0.1, -0.05) is 127 Å². The minimum Gasteiger partial charge on any atom is -0.462 e. The number of rotatable bonds is 24. The zero-order chi connectivity index (χ0) is 49.5. The number of aliphatic hydroxyl groups excluding tert-OH is 8. The Morgan fingerprint density at radius 1 is 0.806 bits per heavy atom. The lowest BCUT2D eigenvalue weighted by Gasteiger charge is -2.39. The topological polar surface area (TPSA) is 279 Å². The van der Waals surface area contributed by atoms with Gasteiger partial charge in [-0.15, -0.1) is 0 Å². The lowest BCUT2D eigenvalue weighted by atomic mass is 9.83. The minimum absolute atomic E-state index is 0.0912. The van der Waals surface area contributed by atoms with Crippen LogP contribution in [0.1, 0.15) is 162 Å². The fourth-order valence-corrected chi connectivity index (χ4v) is 8.81. The van der Waals surface area contributed by atoms with Crippen LogP contribution >= 0.6 is 7.82 Å². The third-order valence-electron chi connectivity index (χ3n) is 11.9. The molecule has 2 unspecified atom stereocenters. The van der Waals surface area contributed by atoms with Gasteiger partial charge >= 0.3 is 19.8 Å². The number of unbranched alkanes of at least 4 members (excludes halogenated alkanes) is 12. The van der Waals surface area contributed by atoms with Crippen molar-refractivity contribution in [1.82, 2.24) is 0 Å². The molecule has 0 amide bonds. The van der Waals surface area contributed by atoms with Gasteiger partial charge in [0.25, 0.3) is 0 Å². The van der Waals surface area contributed by atoms with E-state index in [2.05, 4.69) is 31.2 Å². The third-order valence-corrected chi connectivity index (χ3v) is 12.9. The van der Waals surface area contributed by atoms with Crippen LogP contribution in [0.25, 0.3) is 0 Å². The maximum absolute atomic E-state index is 13.5. The lowest BCUT2D eigenvalue weighted by Crippen LogP contribution is -2.58. The summed E-state index contributed by atoms with van der Waals surface area (Å²) in [6, 6.07) is 0. The van der Waals surface area contributed by atoms with Gasteiger partial charge in [-0.2, -0.15) is 0 Å². The highest BCUT2D eigenvalue weighted by atomic mass is 31.2. The van der Waals surface area contributed by atoms with E-state index in [-0.39, 0.29) is 25.7 Å². The largest absolute Gasteiger partial charge is 0.472 e. The number of carbonyl (C=O) groups is 2. The molecule has 0 saturated carbocycles. The second kappa shape index (κ2) is 35.7. The first-order chi connectivity index (χ1) is 32.1. The predicted molar refractivity (Wildman–Crippen MR) is 252 cm³/mol. The molecule has 17 nitrogen and oxygen atoms in total. The van der Waals surface area contributed by atoms with Crippen molar-refractivity contribution < 1.29 is 83.2 Å². The zero-order valence-corrected chi connectivity index (χ0v) is 40.9. The molecule has 2 rings (SSSR count). The van der Waals surface area contributed by atoms with E-state index in [1.807, 2.05) is 6.92 Å². The molecule has 67 heavy (non-hydrogen) atoms. The molecule has 13 atom stereocenters. The number of fused-ring (bicyclic) bond motifs is 4. The van der Waals surface area contributed by atoms with Gasteiger partial charge in [0.2, 0.25) is 0 Å². The molecular formula is C49H85O17P. The van der Waals surface area contributed by atoms with Gasteiger partial charge in [0.05, 0.1) is 24.9 Å². The summed E-state index contributed by atoms with van der Waals surface area (Å²) in [6.45, 7) is 2.76.